The molecule has 6 heteroatoms. The van der Waals surface area contributed by atoms with Crippen LogP contribution in [-0.2, 0) is 4.79 Å². The number of hydrogen-bond acceptors (Lipinski definition) is 5. The Bertz CT molecular complexity index is 896. The molecule has 0 unspecified atom stereocenters. The molecule has 0 aromatic heterocycles. The predicted octanol–water partition coefficient (Wildman–Crippen LogP) is 3.76. The molecular formula is C21H21NO5. The lowest BCUT2D eigenvalue weighted by Gasteiger charge is -2.13. The van der Waals surface area contributed by atoms with Crippen LogP contribution in [0.15, 0.2) is 42.0 Å². The van der Waals surface area contributed by atoms with Gasteiger partial charge in [-0.25, -0.2) is 4.79 Å². The molecule has 2 aromatic carbocycles. The average Bonchev–Trinajstić information content (AvgIpc) is 2.66. The Morgan fingerprint density at radius 3 is 2.44 bits per heavy atom. The van der Waals surface area contributed by atoms with Crippen molar-refractivity contribution in [3.05, 3.63) is 58.7 Å². The standard InChI is InChI=1S/C21H21NO5/c1-14-4-6-18(10-15(14)2)26-8-9-27-20-12-16(5-7-19(20)25-3)11-17(13-22)21(23)24/h4-7,10-12H,8-9H2,1-3H3,(H,23,24). The summed E-state index contributed by atoms with van der Waals surface area (Å²) in [7, 11) is 1.52. The lowest BCUT2D eigenvalue weighted by Crippen LogP contribution is -2.10. The number of ether oxygens (including phenoxy) is 3. The molecule has 0 radical (unpaired) electrons. The number of aryl methyl sites for hydroxylation is 2. The molecule has 27 heavy (non-hydrogen) atoms. The first-order valence-electron chi connectivity index (χ1n) is 8.30. The molecule has 0 fully saturated rings. The second-order valence-corrected chi connectivity index (χ2v) is 5.83. The second-order valence-electron chi connectivity index (χ2n) is 5.83. The quantitative estimate of drug-likeness (QED) is 0.434. The molecule has 1 N–H and O–H groups in total. The van der Waals surface area contributed by atoms with Gasteiger partial charge < -0.3 is 19.3 Å². The highest BCUT2D eigenvalue weighted by Crippen LogP contribution is 2.29. The van der Waals surface area contributed by atoms with Gasteiger partial charge in [-0.3, -0.25) is 0 Å². The summed E-state index contributed by atoms with van der Waals surface area (Å²) in [4.78, 5) is 11.0. The van der Waals surface area contributed by atoms with Crippen LogP contribution in [0, 0.1) is 25.2 Å². The Kier molecular flexibility index (Phi) is 6.84. The fourth-order valence-electron chi connectivity index (χ4n) is 2.32. The molecule has 2 rings (SSSR count). The highest BCUT2D eigenvalue weighted by molar-refractivity contribution is 5.96. The van der Waals surface area contributed by atoms with E-state index in [0.29, 0.717) is 23.7 Å². The van der Waals surface area contributed by atoms with Gasteiger partial charge in [-0.1, -0.05) is 12.1 Å². The van der Waals surface area contributed by atoms with E-state index in [1.54, 1.807) is 24.3 Å². The number of aliphatic carboxylic acids is 1. The third-order valence-corrected chi connectivity index (χ3v) is 3.94. The van der Waals surface area contributed by atoms with Crippen molar-refractivity contribution in [3.8, 4) is 23.3 Å². The topological polar surface area (TPSA) is 88.8 Å². The number of nitriles is 1. The summed E-state index contributed by atoms with van der Waals surface area (Å²) < 4.78 is 16.6. The molecule has 2 aromatic rings. The molecule has 0 heterocycles. The summed E-state index contributed by atoms with van der Waals surface area (Å²) in [6.07, 6.45) is 1.28. The van der Waals surface area contributed by atoms with Crippen molar-refractivity contribution in [3.63, 3.8) is 0 Å². The van der Waals surface area contributed by atoms with Crippen molar-refractivity contribution in [1.82, 2.24) is 0 Å². The van der Waals surface area contributed by atoms with E-state index >= 15 is 0 Å². The van der Waals surface area contributed by atoms with Crippen LogP contribution in [0.5, 0.6) is 17.2 Å². The minimum absolute atomic E-state index is 0.278. The van der Waals surface area contributed by atoms with Crippen molar-refractivity contribution >= 4 is 12.0 Å². The van der Waals surface area contributed by atoms with Gasteiger partial charge in [0, 0.05) is 0 Å². The van der Waals surface area contributed by atoms with Gasteiger partial charge in [0.25, 0.3) is 0 Å². The molecule has 0 saturated carbocycles. The number of nitrogens with zero attached hydrogens (tertiary/aromatic N) is 1. The Morgan fingerprint density at radius 2 is 1.81 bits per heavy atom. The largest absolute Gasteiger partial charge is 0.493 e. The number of rotatable bonds is 8. The van der Waals surface area contributed by atoms with E-state index in [2.05, 4.69) is 0 Å². The van der Waals surface area contributed by atoms with Gasteiger partial charge in [-0.2, -0.15) is 5.26 Å². The van der Waals surface area contributed by atoms with Crippen LogP contribution in [0.1, 0.15) is 16.7 Å². The van der Waals surface area contributed by atoms with Crippen LogP contribution in [-0.4, -0.2) is 31.4 Å². The molecule has 0 atom stereocenters. The van der Waals surface area contributed by atoms with Gasteiger partial charge in [0.15, 0.2) is 11.5 Å². The molecule has 0 spiro atoms. The van der Waals surface area contributed by atoms with Gasteiger partial charge in [0.05, 0.1) is 7.11 Å². The Morgan fingerprint density at radius 1 is 1.07 bits per heavy atom. The van der Waals surface area contributed by atoms with Crippen LogP contribution in [0.4, 0.5) is 0 Å². The molecule has 0 aliphatic heterocycles. The summed E-state index contributed by atoms with van der Waals surface area (Å²) in [6, 6.07) is 12.4. The van der Waals surface area contributed by atoms with E-state index < -0.39 is 5.97 Å². The molecule has 0 saturated heterocycles. The first-order chi connectivity index (χ1) is 12.9. The van der Waals surface area contributed by atoms with Crippen molar-refractivity contribution in [2.75, 3.05) is 20.3 Å². The number of carboxylic acids is 1. The van der Waals surface area contributed by atoms with Crippen LogP contribution in [0.2, 0.25) is 0 Å². The summed E-state index contributed by atoms with van der Waals surface area (Å²) in [5.74, 6) is 0.438. The number of methoxy groups -OCH3 is 1. The predicted molar refractivity (Wildman–Crippen MR) is 101 cm³/mol. The Balaban J connectivity index is 2.04. The van der Waals surface area contributed by atoms with Gasteiger partial charge in [0.2, 0.25) is 0 Å². The lowest BCUT2D eigenvalue weighted by molar-refractivity contribution is -0.132. The molecule has 0 bridgehead atoms. The second kappa shape index (κ2) is 9.30. The molecule has 6 nitrogen and oxygen atoms in total. The highest BCUT2D eigenvalue weighted by atomic mass is 16.5. The first kappa shape index (κ1) is 19.9. The molecule has 0 aliphatic carbocycles. The SMILES string of the molecule is COc1ccc(C=C(C#N)C(=O)O)cc1OCCOc1ccc(C)c(C)c1. The highest BCUT2D eigenvalue weighted by Gasteiger charge is 2.09. The average molecular weight is 367 g/mol. The number of hydrogen-bond donors (Lipinski definition) is 1. The van der Waals surface area contributed by atoms with Crippen molar-refractivity contribution in [2.24, 2.45) is 0 Å². The van der Waals surface area contributed by atoms with Crippen LogP contribution in [0.25, 0.3) is 6.08 Å². The van der Waals surface area contributed by atoms with E-state index in [1.807, 2.05) is 32.0 Å². The molecule has 0 aliphatic rings. The zero-order valence-electron chi connectivity index (χ0n) is 15.5. The van der Waals surface area contributed by atoms with E-state index in [-0.39, 0.29) is 12.2 Å². The van der Waals surface area contributed by atoms with Gasteiger partial charge in [-0.05, 0) is 60.9 Å². The maximum atomic E-state index is 11.0. The van der Waals surface area contributed by atoms with Crippen molar-refractivity contribution in [1.29, 1.82) is 5.26 Å². The monoisotopic (exact) mass is 367 g/mol. The fourth-order valence-corrected chi connectivity index (χ4v) is 2.32. The zero-order chi connectivity index (χ0) is 19.8. The van der Waals surface area contributed by atoms with E-state index in [0.717, 1.165) is 11.3 Å². The Labute approximate surface area is 158 Å². The van der Waals surface area contributed by atoms with Gasteiger partial charge in [-0.15, -0.1) is 0 Å². The minimum Gasteiger partial charge on any atom is -0.493 e. The maximum absolute atomic E-state index is 11.0. The zero-order valence-corrected chi connectivity index (χ0v) is 15.5. The summed E-state index contributed by atoms with van der Waals surface area (Å²) in [5.41, 5.74) is 2.52. The smallest absolute Gasteiger partial charge is 0.346 e. The van der Waals surface area contributed by atoms with Crippen molar-refractivity contribution in [2.45, 2.75) is 13.8 Å². The summed E-state index contributed by atoms with van der Waals surface area (Å²) >= 11 is 0. The van der Waals surface area contributed by atoms with Gasteiger partial charge >= 0.3 is 5.97 Å². The summed E-state index contributed by atoms with van der Waals surface area (Å²) in [6.45, 7) is 4.68. The number of benzene rings is 2. The fraction of sp³-hybridized carbons (Fsp3) is 0.238. The van der Waals surface area contributed by atoms with E-state index in [9.17, 15) is 4.79 Å². The van der Waals surface area contributed by atoms with E-state index in [4.69, 9.17) is 24.6 Å². The molecule has 140 valence electrons. The minimum atomic E-state index is -1.28. The Hall–Kier alpha value is -3.46. The van der Waals surface area contributed by atoms with Crippen LogP contribution >= 0.6 is 0 Å². The summed E-state index contributed by atoms with van der Waals surface area (Å²) in [5, 5.41) is 17.8. The van der Waals surface area contributed by atoms with E-state index in [1.165, 1.54) is 18.7 Å². The van der Waals surface area contributed by atoms with Crippen LogP contribution in [0.3, 0.4) is 0 Å². The molecule has 0 amide bonds. The van der Waals surface area contributed by atoms with Crippen LogP contribution < -0.4 is 14.2 Å². The molecular weight excluding hydrogens is 346 g/mol. The lowest BCUT2D eigenvalue weighted by atomic mass is 10.1. The van der Waals surface area contributed by atoms with Gasteiger partial charge in [0.1, 0.15) is 30.6 Å². The third kappa shape index (κ3) is 5.51. The normalized spacial score (nSPS) is 10.8. The maximum Gasteiger partial charge on any atom is 0.346 e. The number of carbonyl (C=O) groups is 1. The van der Waals surface area contributed by atoms with Crippen molar-refractivity contribution < 1.29 is 24.1 Å². The third-order valence-electron chi connectivity index (χ3n) is 3.94. The number of carboxylic acid groups (broad SMARTS) is 1. The first-order valence-corrected chi connectivity index (χ1v) is 8.30.